The molecule has 4 heteroatoms. The van der Waals surface area contributed by atoms with Gasteiger partial charge in [0, 0.05) is 11.8 Å². The molecule has 0 spiro atoms. The molecule has 3 nitrogen and oxygen atoms in total. The summed E-state index contributed by atoms with van der Waals surface area (Å²) in [6, 6.07) is 14.9. The van der Waals surface area contributed by atoms with E-state index in [9.17, 15) is 4.39 Å². The Bertz CT molecular complexity index is 813. The molecule has 2 N–H and O–H groups in total. The Morgan fingerprint density at radius 2 is 1.93 bits per heavy atom. The van der Waals surface area contributed by atoms with Gasteiger partial charge in [0.05, 0.1) is 18.4 Å². The lowest BCUT2D eigenvalue weighted by Gasteiger charge is -2.37. The lowest BCUT2D eigenvalue weighted by molar-refractivity contribution is -0.0441. The van der Waals surface area contributed by atoms with E-state index in [1.807, 2.05) is 32.0 Å². The lowest BCUT2D eigenvalue weighted by atomic mass is 9.74. The van der Waals surface area contributed by atoms with Crippen LogP contribution in [0.25, 0.3) is 0 Å². The Hall–Kier alpha value is -2.04. The molecule has 2 atom stereocenters. The third-order valence-electron chi connectivity index (χ3n) is 5.92. The molecule has 0 aromatic heterocycles. The summed E-state index contributed by atoms with van der Waals surface area (Å²) in [6.45, 7) is 6.77. The maximum atomic E-state index is 13.4. The van der Waals surface area contributed by atoms with Crippen LogP contribution in [0.4, 0.5) is 10.1 Å². The highest BCUT2D eigenvalue weighted by atomic mass is 19.1. The highest BCUT2D eigenvalue weighted by Crippen LogP contribution is 2.37. The van der Waals surface area contributed by atoms with Crippen molar-refractivity contribution in [2.24, 2.45) is 22.6 Å². The first-order valence-electron chi connectivity index (χ1n) is 10.7. The second-order valence-corrected chi connectivity index (χ2v) is 8.35. The predicted octanol–water partition coefficient (Wildman–Crippen LogP) is 5.97. The van der Waals surface area contributed by atoms with Gasteiger partial charge < -0.3 is 10.5 Å². The van der Waals surface area contributed by atoms with Crippen LogP contribution in [0.3, 0.4) is 0 Å². The molecule has 0 radical (unpaired) electrons. The Labute approximate surface area is 174 Å². The molecule has 0 saturated heterocycles. The first-order valence-corrected chi connectivity index (χ1v) is 10.7. The minimum atomic E-state index is -0.230. The quantitative estimate of drug-likeness (QED) is 0.531. The molecule has 0 bridgehead atoms. The number of nitrogens with zero attached hydrogens (tertiary/aromatic N) is 1. The summed E-state index contributed by atoms with van der Waals surface area (Å²) in [5, 5.41) is 0. The van der Waals surface area contributed by atoms with Crippen LogP contribution in [0.2, 0.25) is 0 Å². The average molecular weight is 397 g/mol. The molecule has 156 valence electrons. The minimum absolute atomic E-state index is 0.116. The SMILES string of the molecule is CCC(CC1CC(OCc2ccccc2)C1)C(=Nc1ccc(F)cc1C)C(C)N. The summed E-state index contributed by atoms with van der Waals surface area (Å²) in [4.78, 5) is 4.87. The van der Waals surface area contributed by atoms with Gasteiger partial charge in [0.2, 0.25) is 0 Å². The molecule has 2 unspecified atom stereocenters. The zero-order chi connectivity index (χ0) is 20.8. The number of aryl methyl sites for hydroxylation is 1. The van der Waals surface area contributed by atoms with Crippen molar-refractivity contribution in [1.82, 2.24) is 0 Å². The van der Waals surface area contributed by atoms with Gasteiger partial charge in [-0.1, -0.05) is 37.3 Å². The second kappa shape index (κ2) is 10.1. The van der Waals surface area contributed by atoms with Crippen molar-refractivity contribution < 1.29 is 9.13 Å². The van der Waals surface area contributed by atoms with Gasteiger partial charge in [-0.25, -0.2) is 4.39 Å². The highest BCUT2D eigenvalue weighted by Gasteiger charge is 2.33. The van der Waals surface area contributed by atoms with Crippen molar-refractivity contribution in [2.75, 3.05) is 0 Å². The largest absolute Gasteiger partial charge is 0.374 e. The first-order chi connectivity index (χ1) is 14.0. The average Bonchev–Trinajstić information content (AvgIpc) is 2.67. The standard InChI is InChI=1S/C25H33FN2O/c1-4-21(25(18(3)27)28-24-11-10-22(26)12-17(24)2)13-20-14-23(15-20)29-16-19-8-6-5-7-9-19/h5-12,18,20-21,23H,4,13-16,27H2,1-3H3. The summed E-state index contributed by atoms with van der Waals surface area (Å²) in [5.74, 6) is 0.769. The molecular formula is C25H33FN2O. The fourth-order valence-corrected chi connectivity index (χ4v) is 4.14. The summed E-state index contributed by atoms with van der Waals surface area (Å²) >= 11 is 0. The fourth-order valence-electron chi connectivity index (χ4n) is 4.14. The normalized spacial score (nSPS) is 21.5. The molecule has 2 aromatic rings. The zero-order valence-electron chi connectivity index (χ0n) is 17.8. The van der Waals surface area contributed by atoms with Gasteiger partial charge in [0.15, 0.2) is 0 Å². The predicted molar refractivity (Wildman–Crippen MR) is 118 cm³/mol. The van der Waals surface area contributed by atoms with Gasteiger partial charge in [0.1, 0.15) is 5.82 Å². The minimum Gasteiger partial charge on any atom is -0.374 e. The van der Waals surface area contributed by atoms with Crippen LogP contribution in [0, 0.1) is 24.6 Å². The fraction of sp³-hybridized carbons (Fsp3) is 0.480. The molecule has 2 aromatic carbocycles. The van der Waals surface area contributed by atoms with Crippen molar-refractivity contribution >= 4 is 11.4 Å². The van der Waals surface area contributed by atoms with Gasteiger partial charge in [-0.3, -0.25) is 4.99 Å². The van der Waals surface area contributed by atoms with Crippen LogP contribution < -0.4 is 5.73 Å². The van der Waals surface area contributed by atoms with Gasteiger partial charge in [0.25, 0.3) is 0 Å². The third-order valence-corrected chi connectivity index (χ3v) is 5.92. The van der Waals surface area contributed by atoms with Crippen molar-refractivity contribution in [3.05, 3.63) is 65.5 Å². The molecule has 0 aliphatic heterocycles. The van der Waals surface area contributed by atoms with Crippen molar-refractivity contribution in [2.45, 2.75) is 65.2 Å². The van der Waals surface area contributed by atoms with E-state index in [1.54, 1.807) is 6.07 Å². The Kier molecular flexibility index (Phi) is 7.57. The maximum Gasteiger partial charge on any atom is 0.123 e. The van der Waals surface area contributed by atoms with Gasteiger partial charge in [-0.15, -0.1) is 0 Å². The molecule has 3 rings (SSSR count). The molecule has 29 heavy (non-hydrogen) atoms. The van der Waals surface area contributed by atoms with E-state index >= 15 is 0 Å². The van der Waals surface area contributed by atoms with E-state index < -0.39 is 0 Å². The number of hydrogen-bond acceptors (Lipinski definition) is 3. The van der Waals surface area contributed by atoms with Gasteiger partial charge >= 0.3 is 0 Å². The number of ether oxygens (including phenoxy) is 1. The molecule has 1 aliphatic carbocycles. The van der Waals surface area contributed by atoms with Crippen molar-refractivity contribution in [3.63, 3.8) is 0 Å². The number of aliphatic imine (C=N–C) groups is 1. The van der Waals surface area contributed by atoms with Crippen molar-refractivity contribution in [3.8, 4) is 0 Å². The Balaban J connectivity index is 1.57. The molecule has 1 aliphatic rings. The molecule has 0 amide bonds. The number of nitrogens with two attached hydrogens (primary N) is 1. The van der Waals surface area contributed by atoms with Crippen LogP contribution in [0.1, 0.15) is 50.7 Å². The summed E-state index contributed by atoms with van der Waals surface area (Å²) in [7, 11) is 0. The number of rotatable bonds is 9. The maximum absolute atomic E-state index is 13.4. The second-order valence-electron chi connectivity index (χ2n) is 8.35. The van der Waals surface area contributed by atoms with Crippen molar-refractivity contribution in [1.29, 1.82) is 0 Å². The summed E-state index contributed by atoms with van der Waals surface area (Å²) < 4.78 is 19.5. The van der Waals surface area contributed by atoms with Crippen LogP contribution >= 0.6 is 0 Å². The topological polar surface area (TPSA) is 47.6 Å². The van der Waals surface area contributed by atoms with E-state index in [-0.39, 0.29) is 11.9 Å². The van der Waals surface area contributed by atoms with Crippen LogP contribution in [-0.4, -0.2) is 17.9 Å². The van der Waals surface area contributed by atoms with Crippen LogP contribution in [0.15, 0.2) is 53.5 Å². The first kappa shape index (κ1) is 21.7. The van der Waals surface area contributed by atoms with Gasteiger partial charge in [-0.05, 0) is 80.7 Å². The molecule has 0 heterocycles. The number of halogens is 1. The monoisotopic (exact) mass is 396 g/mol. The summed E-state index contributed by atoms with van der Waals surface area (Å²) in [6.07, 6.45) is 4.65. The Morgan fingerprint density at radius 1 is 1.21 bits per heavy atom. The van der Waals surface area contributed by atoms with E-state index in [0.29, 0.717) is 24.5 Å². The van der Waals surface area contributed by atoms with E-state index in [4.69, 9.17) is 15.5 Å². The van der Waals surface area contributed by atoms with Crippen LogP contribution in [0.5, 0.6) is 0 Å². The smallest absolute Gasteiger partial charge is 0.123 e. The van der Waals surface area contributed by atoms with E-state index in [1.165, 1.54) is 17.7 Å². The lowest BCUT2D eigenvalue weighted by Crippen LogP contribution is -2.37. The Morgan fingerprint density at radius 3 is 2.55 bits per heavy atom. The molecular weight excluding hydrogens is 363 g/mol. The van der Waals surface area contributed by atoms with Crippen LogP contribution in [-0.2, 0) is 11.3 Å². The van der Waals surface area contributed by atoms with E-state index in [0.717, 1.165) is 42.6 Å². The number of hydrogen-bond donors (Lipinski definition) is 1. The number of benzene rings is 2. The zero-order valence-corrected chi connectivity index (χ0v) is 17.8. The van der Waals surface area contributed by atoms with E-state index in [2.05, 4.69) is 19.1 Å². The van der Waals surface area contributed by atoms with Gasteiger partial charge in [-0.2, -0.15) is 0 Å². The highest BCUT2D eigenvalue weighted by molar-refractivity contribution is 5.93. The summed E-state index contributed by atoms with van der Waals surface area (Å²) in [5.41, 5.74) is 10.2. The third kappa shape index (κ3) is 5.97. The molecule has 1 saturated carbocycles. The molecule has 1 fully saturated rings.